The number of hydrogen-bond acceptors (Lipinski definition) is 4. The summed E-state index contributed by atoms with van der Waals surface area (Å²) in [5, 5.41) is 0. The molecule has 0 radical (unpaired) electrons. The third-order valence-corrected chi connectivity index (χ3v) is 16.4. The molecular formula is C11H30O4Si4. The second-order valence-electron chi connectivity index (χ2n) is 6.52. The minimum absolute atomic E-state index is 1.70. The molecule has 19 heavy (non-hydrogen) atoms. The normalized spacial score (nSPS) is 14.6. The molecule has 0 aromatic carbocycles. The fraction of sp³-hybridized carbons (Fsp3) is 0.818. The molecule has 0 aromatic heterocycles. The average molecular weight is 339 g/mol. The van der Waals surface area contributed by atoms with Crippen molar-refractivity contribution in [3.63, 3.8) is 0 Å². The Morgan fingerprint density at radius 2 is 1.05 bits per heavy atom. The van der Waals surface area contributed by atoms with Crippen molar-refractivity contribution in [2.75, 3.05) is 7.11 Å². The standard InChI is InChI=1S/C11H30O4Si4/c1-11-16(3,4)13-18(7,8)15-19(9,10)14-17(5,6)12-2/h11H,1H2,2-10H3. The Hall–Kier alpha value is 0.448. The first kappa shape index (κ1) is 19.4. The predicted molar refractivity (Wildman–Crippen MR) is 90.4 cm³/mol. The van der Waals surface area contributed by atoms with Gasteiger partial charge in [-0.25, -0.2) is 0 Å². The molecule has 0 rings (SSSR count). The maximum Gasteiger partial charge on any atom is 0.322 e. The summed E-state index contributed by atoms with van der Waals surface area (Å²) in [7, 11) is -6.68. The van der Waals surface area contributed by atoms with Crippen LogP contribution in [0.3, 0.4) is 0 Å². The van der Waals surface area contributed by atoms with Gasteiger partial charge in [0.25, 0.3) is 0 Å². The summed E-state index contributed by atoms with van der Waals surface area (Å²) in [6.45, 7) is 20.4. The SMILES string of the molecule is C=C[Si](C)(C)O[Si](C)(C)O[Si](C)(C)O[Si](C)(C)OC. The van der Waals surface area contributed by atoms with E-state index in [4.69, 9.17) is 16.8 Å². The molecule has 0 saturated carbocycles. The molecule has 0 N–H and O–H groups in total. The minimum atomic E-state index is -2.25. The molecule has 0 saturated heterocycles. The predicted octanol–water partition coefficient (Wildman–Crippen LogP) is 3.72. The zero-order valence-corrected chi connectivity index (χ0v) is 17.9. The van der Waals surface area contributed by atoms with Crippen molar-refractivity contribution in [1.29, 1.82) is 0 Å². The Bertz CT molecular complexity index is 316. The van der Waals surface area contributed by atoms with Gasteiger partial charge in [-0.3, -0.25) is 0 Å². The van der Waals surface area contributed by atoms with Gasteiger partial charge in [-0.2, -0.15) is 0 Å². The lowest BCUT2D eigenvalue weighted by molar-refractivity contribution is 0.266. The molecule has 114 valence electrons. The molecule has 0 spiro atoms. The third kappa shape index (κ3) is 8.35. The lowest BCUT2D eigenvalue weighted by atomic mass is 11.3. The summed E-state index contributed by atoms with van der Waals surface area (Å²) in [4.78, 5) is 0. The zero-order chi connectivity index (χ0) is 15.5. The Morgan fingerprint density at radius 1 is 0.684 bits per heavy atom. The van der Waals surface area contributed by atoms with Crippen molar-refractivity contribution in [3.8, 4) is 0 Å². The van der Waals surface area contributed by atoms with Crippen molar-refractivity contribution in [3.05, 3.63) is 12.3 Å². The van der Waals surface area contributed by atoms with E-state index in [0.29, 0.717) is 0 Å². The first-order valence-electron chi connectivity index (χ1n) is 6.53. The lowest BCUT2D eigenvalue weighted by Gasteiger charge is -2.39. The monoisotopic (exact) mass is 338 g/mol. The van der Waals surface area contributed by atoms with E-state index in [2.05, 4.69) is 45.9 Å². The van der Waals surface area contributed by atoms with Crippen molar-refractivity contribution >= 4 is 34.0 Å². The van der Waals surface area contributed by atoms with Crippen LogP contribution in [0.5, 0.6) is 0 Å². The fourth-order valence-corrected chi connectivity index (χ4v) is 18.2. The van der Waals surface area contributed by atoms with Gasteiger partial charge in [-0.05, 0) is 52.4 Å². The van der Waals surface area contributed by atoms with Gasteiger partial charge in [0.05, 0.1) is 0 Å². The van der Waals surface area contributed by atoms with Crippen LogP contribution >= 0.6 is 0 Å². The van der Waals surface area contributed by atoms with Crippen LogP contribution in [0.2, 0.25) is 52.4 Å². The molecule has 0 fully saturated rings. The fourth-order valence-electron chi connectivity index (χ4n) is 1.94. The first-order valence-corrected chi connectivity index (χ1v) is 18.0. The molecule has 0 heterocycles. The first-order chi connectivity index (χ1) is 8.24. The second kappa shape index (κ2) is 6.48. The highest BCUT2D eigenvalue weighted by atomic mass is 28.5. The molecule has 0 unspecified atom stereocenters. The van der Waals surface area contributed by atoms with Gasteiger partial charge in [0.2, 0.25) is 0 Å². The van der Waals surface area contributed by atoms with Gasteiger partial charge < -0.3 is 16.8 Å². The van der Waals surface area contributed by atoms with Crippen LogP contribution in [0.25, 0.3) is 0 Å². The van der Waals surface area contributed by atoms with Gasteiger partial charge in [0.1, 0.15) is 0 Å². The summed E-state index contributed by atoms with van der Waals surface area (Å²) in [5.41, 5.74) is 1.94. The molecule has 0 aromatic rings. The quantitative estimate of drug-likeness (QED) is 0.632. The molecule has 4 nitrogen and oxygen atoms in total. The molecule has 0 aliphatic heterocycles. The van der Waals surface area contributed by atoms with Crippen LogP contribution in [-0.4, -0.2) is 41.1 Å². The topological polar surface area (TPSA) is 36.9 Å². The second-order valence-corrected chi connectivity index (χ2v) is 21.4. The Kier molecular flexibility index (Phi) is 6.63. The van der Waals surface area contributed by atoms with Crippen LogP contribution in [0, 0.1) is 0 Å². The summed E-state index contributed by atoms with van der Waals surface area (Å²) in [5.74, 6) is 0. The zero-order valence-electron chi connectivity index (χ0n) is 13.9. The summed E-state index contributed by atoms with van der Waals surface area (Å²) < 4.78 is 24.1. The maximum absolute atomic E-state index is 6.28. The maximum atomic E-state index is 6.28. The van der Waals surface area contributed by atoms with Crippen LogP contribution in [-0.2, 0) is 16.8 Å². The van der Waals surface area contributed by atoms with E-state index < -0.39 is 34.0 Å². The van der Waals surface area contributed by atoms with Crippen LogP contribution in [0.1, 0.15) is 0 Å². The van der Waals surface area contributed by atoms with Gasteiger partial charge in [0, 0.05) is 7.11 Å². The number of rotatable bonds is 8. The van der Waals surface area contributed by atoms with Crippen molar-refractivity contribution < 1.29 is 16.8 Å². The molecule has 0 atom stereocenters. The van der Waals surface area contributed by atoms with E-state index in [1.165, 1.54) is 0 Å². The molecule has 0 aliphatic carbocycles. The Morgan fingerprint density at radius 3 is 1.42 bits per heavy atom. The van der Waals surface area contributed by atoms with E-state index in [0.717, 1.165) is 0 Å². The average Bonchev–Trinajstić information content (AvgIpc) is 2.12. The highest BCUT2D eigenvalue weighted by molar-refractivity contribution is 6.89. The number of hydrogen-bond donors (Lipinski definition) is 0. The van der Waals surface area contributed by atoms with Crippen LogP contribution in [0.4, 0.5) is 0 Å². The highest BCUT2D eigenvalue weighted by Crippen LogP contribution is 2.24. The molecular weight excluding hydrogens is 308 g/mol. The van der Waals surface area contributed by atoms with Crippen LogP contribution in [0.15, 0.2) is 12.3 Å². The Balaban J connectivity index is 4.76. The minimum Gasteiger partial charge on any atom is -0.433 e. The van der Waals surface area contributed by atoms with Gasteiger partial charge in [0.15, 0.2) is 8.32 Å². The molecule has 0 amide bonds. The lowest BCUT2D eigenvalue weighted by Crippen LogP contribution is -2.56. The van der Waals surface area contributed by atoms with E-state index in [9.17, 15) is 0 Å². The molecule has 0 bridgehead atoms. The van der Waals surface area contributed by atoms with Gasteiger partial charge in [-0.1, -0.05) is 5.70 Å². The third-order valence-electron chi connectivity index (χ3n) is 2.48. The Labute approximate surface area is 123 Å². The van der Waals surface area contributed by atoms with Gasteiger partial charge in [-0.15, -0.1) is 6.58 Å². The van der Waals surface area contributed by atoms with Crippen molar-refractivity contribution in [2.24, 2.45) is 0 Å². The van der Waals surface area contributed by atoms with E-state index in [-0.39, 0.29) is 0 Å². The largest absolute Gasteiger partial charge is 0.433 e. The summed E-state index contributed by atoms with van der Waals surface area (Å²) in [6, 6.07) is 0. The smallest absolute Gasteiger partial charge is 0.322 e. The van der Waals surface area contributed by atoms with Gasteiger partial charge >= 0.3 is 25.7 Å². The molecule has 0 aliphatic rings. The van der Waals surface area contributed by atoms with E-state index in [1.807, 2.05) is 18.8 Å². The van der Waals surface area contributed by atoms with Crippen LogP contribution < -0.4 is 0 Å². The van der Waals surface area contributed by atoms with Crippen molar-refractivity contribution in [2.45, 2.75) is 52.4 Å². The molecule has 8 heteroatoms. The van der Waals surface area contributed by atoms with Crippen molar-refractivity contribution in [1.82, 2.24) is 0 Å². The summed E-state index contributed by atoms with van der Waals surface area (Å²) >= 11 is 0. The van der Waals surface area contributed by atoms with E-state index in [1.54, 1.807) is 7.11 Å². The van der Waals surface area contributed by atoms with E-state index >= 15 is 0 Å². The summed E-state index contributed by atoms with van der Waals surface area (Å²) in [6.07, 6.45) is 0. The highest BCUT2D eigenvalue weighted by Gasteiger charge is 2.43.